The molecule has 0 spiro atoms. The number of nitrogens with zero attached hydrogens (tertiary/aromatic N) is 3. The van der Waals surface area contributed by atoms with E-state index in [4.69, 9.17) is 25.6 Å². The van der Waals surface area contributed by atoms with Crippen LogP contribution in [0.2, 0.25) is 5.02 Å². The molecule has 1 unspecified atom stereocenters. The van der Waals surface area contributed by atoms with Crippen LogP contribution in [0.1, 0.15) is 24.3 Å². The summed E-state index contributed by atoms with van der Waals surface area (Å²) < 4.78 is 16.1. The van der Waals surface area contributed by atoms with Crippen molar-refractivity contribution in [3.05, 3.63) is 58.9 Å². The van der Waals surface area contributed by atoms with E-state index in [0.29, 0.717) is 42.8 Å². The molecule has 2 heterocycles. The maximum atomic E-state index is 12.7. The van der Waals surface area contributed by atoms with Gasteiger partial charge in [0.1, 0.15) is 0 Å². The van der Waals surface area contributed by atoms with Crippen LogP contribution in [-0.2, 0) is 17.1 Å². The average molecular weight is 531 g/mol. The van der Waals surface area contributed by atoms with Gasteiger partial charge in [-0.3, -0.25) is 9.69 Å². The molecule has 8 nitrogen and oxygen atoms in total. The molecule has 10 heteroatoms. The SMILES string of the molecule is COc1ccc(-c2noc(CN3CCCC(C(=O)NCCSCc4ccccc4Cl)C3)n2)cc1OC. The van der Waals surface area contributed by atoms with Crippen molar-refractivity contribution in [2.75, 3.05) is 39.6 Å². The van der Waals surface area contributed by atoms with Crippen LogP contribution >= 0.6 is 23.4 Å². The van der Waals surface area contributed by atoms with E-state index >= 15 is 0 Å². The van der Waals surface area contributed by atoms with E-state index in [1.807, 2.05) is 42.5 Å². The number of likely N-dealkylation sites (tertiary alicyclic amines) is 1. The number of carbonyl (C=O) groups is 1. The third kappa shape index (κ3) is 6.93. The summed E-state index contributed by atoms with van der Waals surface area (Å²) >= 11 is 7.97. The van der Waals surface area contributed by atoms with Crippen LogP contribution in [0.5, 0.6) is 11.5 Å². The van der Waals surface area contributed by atoms with Gasteiger partial charge in [-0.1, -0.05) is 35.0 Å². The summed E-state index contributed by atoms with van der Waals surface area (Å²) in [6, 6.07) is 13.4. The van der Waals surface area contributed by atoms with E-state index in [1.165, 1.54) is 0 Å². The molecule has 36 heavy (non-hydrogen) atoms. The fourth-order valence-corrected chi connectivity index (χ4v) is 5.35. The molecule has 192 valence electrons. The summed E-state index contributed by atoms with van der Waals surface area (Å²) in [7, 11) is 3.18. The molecule has 1 saturated heterocycles. The summed E-state index contributed by atoms with van der Waals surface area (Å²) in [6.07, 6.45) is 1.84. The van der Waals surface area contributed by atoms with Gasteiger partial charge in [-0.25, -0.2) is 0 Å². The van der Waals surface area contributed by atoms with Crippen LogP contribution in [0, 0.1) is 5.92 Å². The highest BCUT2D eigenvalue weighted by Gasteiger charge is 2.26. The van der Waals surface area contributed by atoms with E-state index in [0.717, 1.165) is 47.0 Å². The smallest absolute Gasteiger partial charge is 0.241 e. The lowest BCUT2D eigenvalue weighted by molar-refractivity contribution is -0.126. The second-order valence-electron chi connectivity index (χ2n) is 8.59. The highest BCUT2D eigenvalue weighted by atomic mass is 35.5. The molecule has 0 radical (unpaired) electrons. The summed E-state index contributed by atoms with van der Waals surface area (Å²) in [5.41, 5.74) is 1.90. The Labute approximate surface area is 220 Å². The lowest BCUT2D eigenvalue weighted by atomic mass is 9.97. The second-order valence-corrected chi connectivity index (χ2v) is 10.1. The van der Waals surface area contributed by atoms with Crippen LogP contribution in [0.3, 0.4) is 0 Å². The van der Waals surface area contributed by atoms with E-state index in [9.17, 15) is 4.79 Å². The summed E-state index contributed by atoms with van der Waals surface area (Å²) in [6.45, 7) is 2.72. The first-order valence-electron chi connectivity index (χ1n) is 11.9. The van der Waals surface area contributed by atoms with Gasteiger partial charge < -0.3 is 19.3 Å². The van der Waals surface area contributed by atoms with Crippen molar-refractivity contribution >= 4 is 29.3 Å². The molecule has 1 amide bonds. The average Bonchev–Trinajstić information content (AvgIpc) is 3.37. The largest absolute Gasteiger partial charge is 0.493 e. The molecule has 2 aromatic carbocycles. The minimum Gasteiger partial charge on any atom is -0.493 e. The first-order valence-corrected chi connectivity index (χ1v) is 13.5. The Morgan fingerprint density at radius 2 is 2.06 bits per heavy atom. The Kier molecular flexibility index (Phi) is 9.49. The minimum atomic E-state index is -0.0411. The quantitative estimate of drug-likeness (QED) is 0.358. The summed E-state index contributed by atoms with van der Waals surface area (Å²) in [4.78, 5) is 19.5. The molecule has 1 aliphatic rings. The number of halogens is 1. The maximum Gasteiger partial charge on any atom is 0.241 e. The fraction of sp³-hybridized carbons (Fsp3) is 0.423. The molecule has 3 aromatic rings. The zero-order chi connectivity index (χ0) is 25.3. The lowest BCUT2D eigenvalue weighted by Gasteiger charge is -2.30. The molecule has 4 rings (SSSR count). The van der Waals surface area contributed by atoms with Gasteiger partial charge in [0.15, 0.2) is 11.5 Å². The Morgan fingerprint density at radius 3 is 2.86 bits per heavy atom. The molecule has 1 fully saturated rings. The number of benzene rings is 2. The molecule has 0 bridgehead atoms. The van der Waals surface area contributed by atoms with Gasteiger partial charge in [-0.15, -0.1) is 0 Å². The van der Waals surface area contributed by atoms with Gasteiger partial charge in [-0.05, 0) is 49.2 Å². The molecule has 1 aromatic heterocycles. The second kappa shape index (κ2) is 13.0. The number of thioether (sulfide) groups is 1. The standard InChI is InChI=1S/C26H31ClN4O4S/c1-33-22-10-9-18(14-23(22)34-2)25-29-24(35-30-25)16-31-12-5-7-19(15-31)26(32)28-11-13-36-17-20-6-3-4-8-21(20)27/h3-4,6,8-10,14,19H,5,7,11-13,15-17H2,1-2H3,(H,28,32). The molecular weight excluding hydrogens is 500 g/mol. The van der Waals surface area contributed by atoms with Crippen molar-refractivity contribution in [2.24, 2.45) is 5.92 Å². The maximum absolute atomic E-state index is 12.7. The van der Waals surface area contributed by atoms with E-state index in [1.54, 1.807) is 26.0 Å². The van der Waals surface area contributed by atoms with E-state index < -0.39 is 0 Å². The van der Waals surface area contributed by atoms with Gasteiger partial charge >= 0.3 is 0 Å². The number of nitrogens with one attached hydrogen (secondary N) is 1. The van der Waals surface area contributed by atoms with Gasteiger partial charge in [0.05, 0.1) is 26.7 Å². The Hall–Kier alpha value is -2.75. The molecule has 1 N–H and O–H groups in total. The molecule has 1 atom stereocenters. The highest BCUT2D eigenvalue weighted by Crippen LogP contribution is 2.31. The number of piperidine rings is 1. The monoisotopic (exact) mass is 530 g/mol. The van der Waals surface area contributed by atoms with Gasteiger partial charge in [0.2, 0.25) is 17.6 Å². The predicted molar refractivity (Wildman–Crippen MR) is 141 cm³/mol. The number of carbonyl (C=O) groups excluding carboxylic acids is 1. The number of hydrogen-bond acceptors (Lipinski definition) is 8. The third-order valence-corrected chi connectivity index (χ3v) is 7.48. The van der Waals surface area contributed by atoms with Crippen molar-refractivity contribution in [2.45, 2.75) is 25.1 Å². The number of rotatable bonds is 11. The number of methoxy groups -OCH3 is 2. The van der Waals surface area contributed by atoms with Crippen molar-refractivity contribution in [1.29, 1.82) is 0 Å². The zero-order valence-electron chi connectivity index (χ0n) is 20.5. The van der Waals surface area contributed by atoms with Gasteiger partial charge in [0.25, 0.3) is 0 Å². The highest BCUT2D eigenvalue weighted by molar-refractivity contribution is 7.98. The minimum absolute atomic E-state index is 0.0411. The summed E-state index contributed by atoms with van der Waals surface area (Å²) in [5.74, 6) is 4.00. The Balaban J connectivity index is 1.23. The van der Waals surface area contributed by atoms with Gasteiger partial charge in [-0.2, -0.15) is 16.7 Å². The van der Waals surface area contributed by atoms with Crippen LogP contribution in [0.25, 0.3) is 11.4 Å². The Bertz CT molecular complexity index is 1160. The zero-order valence-corrected chi connectivity index (χ0v) is 22.1. The Morgan fingerprint density at radius 1 is 1.22 bits per heavy atom. The molecule has 0 saturated carbocycles. The normalized spacial score (nSPS) is 16.0. The first kappa shape index (κ1) is 26.3. The predicted octanol–water partition coefficient (Wildman–Crippen LogP) is 4.67. The molecule has 0 aliphatic carbocycles. The number of ether oxygens (including phenoxy) is 2. The number of aromatic nitrogens is 2. The van der Waals surface area contributed by atoms with Crippen molar-refractivity contribution < 1.29 is 18.8 Å². The molecular formula is C26H31ClN4O4S. The topological polar surface area (TPSA) is 89.7 Å². The van der Waals surface area contributed by atoms with E-state index in [-0.39, 0.29) is 11.8 Å². The third-order valence-electron chi connectivity index (χ3n) is 6.11. The summed E-state index contributed by atoms with van der Waals surface area (Å²) in [5, 5.41) is 8.00. The molecule has 1 aliphatic heterocycles. The lowest BCUT2D eigenvalue weighted by Crippen LogP contribution is -2.43. The van der Waals surface area contributed by atoms with Crippen LogP contribution in [0.15, 0.2) is 47.0 Å². The number of amides is 1. The van der Waals surface area contributed by atoms with E-state index in [2.05, 4.69) is 20.4 Å². The van der Waals surface area contributed by atoms with Crippen LogP contribution in [-0.4, -0.2) is 60.6 Å². The van der Waals surface area contributed by atoms with Crippen LogP contribution < -0.4 is 14.8 Å². The number of hydrogen-bond donors (Lipinski definition) is 1. The van der Waals surface area contributed by atoms with Crippen molar-refractivity contribution in [3.8, 4) is 22.9 Å². The van der Waals surface area contributed by atoms with Crippen LogP contribution in [0.4, 0.5) is 0 Å². The fourth-order valence-electron chi connectivity index (χ4n) is 4.20. The van der Waals surface area contributed by atoms with Crippen molar-refractivity contribution in [1.82, 2.24) is 20.4 Å². The van der Waals surface area contributed by atoms with Gasteiger partial charge in [0, 0.05) is 35.2 Å². The first-order chi connectivity index (χ1) is 17.6. The van der Waals surface area contributed by atoms with Crippen molar-refractivity contribution in [3.63, 3.8) is 0 Å².